The van der Waals surface area contributed by atoms with Crippen LogP contribution < -0.4 is 0 Å². The van der Waals surface area contributed by atoms with Gasteiger partial charge in [0.1, 0.15) is 5.82 Å². The molecule has 1 saturated heterocycles. The molecule has 0 bridgehead atoms. The van der Waals surface area contributed by atoms with Gasteiger partial charge in [-0.25, -0.2) is 4.39 Å². The number of rotatable bonds is 3. The lowest BCUT2D eigenvalue weighted by atomic mass is 9.88. The molecule has 0 saturated carbocycles. The molecule has 0 radical (unpaired) electrons. The minimum atomic E-state index is -0.213. The molecular weight excluding hydrogens is 245 g/mol. The van der Waals surface area contributed by atoms with E-state index in [1.807, 2.05) is 13.1 Å². The van der Waals surface area contributed by atoms with Crippen LogP contribution in [-0.4, -0.2) is 37.6 Å². The molecule has 1 heterocycles. The van der Waals surface area contributed by atoms with Gasteiger partial charge in [0.15, 0.2) is 0 Å². The maximum Gasteiger partial charge on any atom is 0.310 e. The Morgan fingerprint density at radius 2 is 2.21 bits per heavy atom. The Morgan fingerprint density at radius 1 is 1.47 bits per heavy atom. The number of carbonyl (C=O) groups is 1. The van der Waals surface area contributed by atoms with Crippen LogP contribution in [0.15, 0.2) is 18.2 Å². The molecule has 2 rings (SSSR count). The Labute approximate surface area is 113 Å². The summed E-state index contributed by atoms with van der Waals surface area (Å²) in [6.45, 7) is 5.35. The zero-order valence-electron chi connectivity index (χ0n) is 11.6. The van der Waals surface area contributed by atoms with Gasteiger partial charge in [0, 0.05) is 19.0 Å². The number of esters is 1. The molecule has 2 unspecified atom stereocenters. The van der Waals surface area contributed by atoms with E-state index in [-0.39, 0.29) is 23.6 Å². The fourth-order valence-electron chi connectivity index (χ4n) is 2.67. The number of carbonyl (C=O) groups excluding carboxylic acids is 1. The first-order valence-electron chi connectivity index (χ1n) is 6.64. The summed E-state index contributed by atoms with van der Waals surface area (Å²) in [7, 11) is 1.97. The Balaban J connectivity index is 2.25. The quantitative estimate of drug-likeness (QED) is 0.786. The van der Waals surface area contributed by atoms with Crippen LogP contribution in [0.5, 0.6) is 0 Å². The highest BCUT2D eigenvalue weighted by Gasteiger charge is 2.38. The monoisotopic (exact) mass is 265 g/mol. The molecule has 1 aromatic rings. The van der Waals surface area contributed by atoms with Crippen molar-refractivity contribution in [2.75, 3.05) is 26.7 Å². The third-order valence-corrected chi connectivity index (χ3v) is 3.72. The van der Waals surface area contributed by atoms with E-state index in [2.05, 4.69) is 4.90 Å². The largest absolute Gasteiger partial charge is 0.466 e. The topological polar surface area (TPSA) is 29.5 Å². The number of likely N-dealkylation sites (N-methyl/N-ethyl adjacent to an activating group) is 1. The van der Waals surface area contributed by atoms with Gasteiger partial charge in [-0.15, -0.1) is 0 Å². The van der Waals surface area contributed by atoms with Gasteiger partial charge >= 0.3 is 5.97 Å². The lowest BCUT2D eigenvalue weighted by Crippen LogP contribution is -2.24. The second kappa shape index (κ2) is 5.70. The van der Waals surface area contributed by atoms with Crippen LogP contribution in [0, 0.1) is 18.7 Å². The predicted octanol–water partition coefficient (Wildman–Crippen LogP) is 2.34. The minimum Gasteiger partial charge on any atom is -0.466 e. The average molecular weight is 265 g/mol. The summed E-state index contributed by atoms with van der Waals surface area (Å²) >= 11 is 0. The highest BCUT2D eigenvalue weighted by Crippen LogP contribution is 2.33. The first-order chi connectivity index (χ1) is 9.02. The van der Waals surface area contributed by atoms with E-state index in [9.17, 15) is 9.18 Å². The van der Waals surface area contributed by atoms with E-state index in [1.165, 1.54) is 0 Å². The fourth-order valence-corrected chi connectivity index (χ4v) is 2.67. The highest BCUT2D eigenvalue weighted by atomic mass is 19.1. The normalized spacial score (nSPS) is 23.6. The van der Waals surface area contributed by atoms with Gasteiger partial charge in [-0.05, 0) is 38.1 Å². The van der Waals surface area contributed by atoms with Crippen molar-refractivity contribution in [3.8, 4) is 0 Å². The Kier molecular flexibility index (Phi) is 4.20. The highest BCUT2D eigenvalue weighted by molar-refractivity contribution is 5.74. The van der Waals surface area contributed by atoms with Crippen molar-refractivity contribution < 1.29 is 13.9 Å². The van der Waals surface area contributed by atoms with Gasteiger partial charge in [0.2, 0.25) is 0 Å². The van der Waals surface area contributed by atoms with E-state index < -0.39 is 0 Å². The third-order valence-electron chi connectivity index (χ3n) is 3.72. The summed E-state index contributed by atoms with van der Waals surface area (Å²) in [4.78, 5) is 14.1. The molecule has 1 fully saturated rings. The number of nitrogens with zero attached hydrogens (tertiary/aromatic N) is 1. The Hall–Kier alpha value is -1.42. The van der Waals surface area contributed by atoms with Crippen LogP contribution in [0.1, 0.15) is 24.0 Å². The van der Waals surface area contributed by atoms with Crippen molar-refractivity contribution in [1.82, 2.24) is 4.90 Å². The van der Waals surface area contributed by atoms with Crippen molar-refractivity contribution in [3.63, 3.8) is 0 Å². The smallest absolute Gasteiger partial charge is 0.310 e. The average Bonchev–Trinajstić information content (AvgIpc) is 2.75. The Morgan fingerprint density at radius 3 is 2.84 bits per heavy atom. The number of benzene rings is 1. The summed E-state index contributed by atoms with van der Waals surface area (Å²) in [5, 5.41) is 0. The lowest BCUT2D eigenvalue weighted by molar-refractivity contribution is -0.147. The number of likely N-dealkylation sites (tertiary alicyclic amines) is 1. The van der Waals surface area contributed by atoms with Crippen molar-refractivity contribution in [2.24, 2.45) is 5.92 Å². The summed E-state index contributed by atoms with van der Waals surface area (Å²) in [6.07, 6.45) is 0. The first kappa shape index (κ1) is 14.0. The Bertz CT molecular complexity index is 475. The molecule has 3 nitrogen and oxygen atoms in total. The van der Waals surface area contributed by atoms with Crippen LogP contribution in [0.25, 0.3) is 0 Å². The summed E-state index contributed by atoms with van der Waals surface area (Å²) in [6, 6.07) is 5.23. The molecule has 0 amide bonds. The summed E-state index contributed by atoms with van der Waals surface area (Å²) < 4.78 is 18.8. The van der Waals surface area contributed by atoms with Gasteiger partial charge < -0.3 is 9.64 Å². The summed E-state index contributed by atoms with van der Waals surface area (Å²) in [5.41, 5.74) is 1.51. The number of hydrogen-bond acceptors (Lipinski definition) is 3. The zero-order chi connectivity index (χ0) is 14.0. The standard InChI is InChI=1S/C15H20FNO2/c1-4-19-15(18)13-9-17(3)8-12(13)11-6-5-10(2)14(16)7-11/h5-7,12-13H,4,8-9H2,1-3H3. The second-order valence-electron chi connectivity index (χ2n) is 5.19. The molecule has 0 N–H and O–H groups in total. The zero-order valence-corrected chi connectivity index (χ0v) is 11.6. The lowest BCUT2D eigenvalue weighted by Gasteiger charge is -2.17. The van der Waals surface area contributed by atoms with Gasteiger partial charge in [-0.1, -0.05) is 12.1 Å². The van der Waals surface area contributed by atoms with Gasteiger partial charge in [0.05, 0.1) is 12.5 Å². The van der Waals surface area contributed by atoms with Crippen molar-refractivity contribution >= 4 is 5.97 Å². The molecule has 2 atom stereocenters. The number of halogens is 1. The van der Waals surface area contributed by atoms with Crippen LogP contribution in [0.4, 0.5) is 4.39 Å². The van der Waals surface area contributed by atoms with Crippen LogP contribution >= 0.6 is 0 Å². The molecule has 0 aliphatic carbocycles. The maximum absolute atomic E-state index is 13.7. The number of hydrogen-bond donors (Lipinski definition) is 0. The SMILES string of the molecule is CCOC(=O)C1CN(C)CC1c1ccc(C)c(F)c1. The van der Waals surface area contributed by atoms with Crippen LogP contribution in [0.2, 0.25) is 0 Å². The van der Waals surface area contributed by atoms with Crippen LogP contribution in [-0.2, 0) is 9.53 Å². The minimum absolute atomic E-state index is 0.0131. The van der Waals surface area contributed by atoms with Gasteiger partial charge in [-0.2, -0.15) is 0 Å². The van der Waals surface area contributed by atoms with Gasteiger partial charge in [0.25, 0.3) is 0 Å². The summed E-state index contributed by atoms with van der Waals surface area (Å²) in [5.74, 6) is -0.585. The van der Waals surface area contributed by atoms with Crippen LogP contribution in [0.3, 0.4) is 0 Å². The molecule has 0 aromatic heterocycles. The van der Waals surface area contributed by atoms with Gasteiger partial charge in [-0.3, -0.25) is 4.79 Å². The third kappa shape index (κ3) is 2.95. The first-order valence-corrected chi connectivity index (χ1v) is 6.64. The van der Waals surface area contributed by atoms with E-state index in [0.29, 0.717) is 18.7 Å². The number of ether oxygens (including phenoxy) is 1. The molecule has 104 valence electrons. The molecule has 4 heteroatoms. The molecule has 1 aliphatic heterocycles. The van der Waals surface area contributed by atoms with Crippen molar-refractivity contribution in [2.45, 2.75) is 19.8 Å². The van der Waals surface area contributed by atoms with Crippen molar-refractivity contribution in [3.05, 3.63) is 35.1 Å². The van der Waals surface area contributed by atoms with E-state index in [0.717, 1.165) is 12.1 Å². The molecule has 19 heavy (non-hydrogen) atoms. The molecule has 0 spiro atoms. The fraction of sp³-hybridized carbons (Fsp3) is 0.533. The van der Waals surface area contributed by atoms with Crippen molar-refractivity contribution in [1.29, 1.82) is 0 Å². The molecule has 1 aliphatic rings. The maximum atomic E-state index is 13.7. The van der Waals surface area contributed by atoms with E-state index >= 15 is 0 Å². The second-order valence-corrected chi connectivity index (χ2v) is 5.19. The molecule has 1 aromatic carbocycles. The number of aryl methyl sites for hydroxylation is 1. The molecular formula is C15H20FNO2. The predicted molar refractivity (Wildman–Crippen MR) is 71.5 cm³/mol. The van der Waals surface area contributed by atoms with E-state index in [4.69, 9.17) is 4.74 Å². The van der Waals surface area contributed by atoms with E-state index in [1.54, 1.807) is 26.0 Å².